The van der Waals surface area contributed by atoms with Crippen molar-refractivity contribution in [1.82, 2.24) is 19.4 Å². The lowest BCUT2D eigenvalue weighted by Gasteiger charge is -2.04. The van der Waals surface area contributed by atoms with Gasteiger partial charge in [0.05, 0.1) is 17.3 Å². The average molecular weight is 254 g/mol. The lowest BCUT2D eigenvalue weighted by Crippen LogP contribution is -2.27. The summed E-state index contributed by atoms with van der Waals surface area (Å²) < 4.78 is 2.89. The van der Waals surface area contributed by atoms with Crippen molar-refractivity contribution in [3.05, 3.63) is 47.8 Å². The maximum Gasteiger partial charge on any atom is 0.168 e. The molecule has 0 saturated heterocycles. The van der Waals surface area contributed by atoms with Gasteiger partial charge in [-0.3, -0.25) is 5.41 Å². The zero-order valence-electron chi connectivity index (χ0n) is 10.5. The molecule has 2 aromatic heterocycles. The number of nitrogen functional groups attached to an aromatic ring is 1. The maximum atomic E-state index is 7.87. The number of rotatable bonds is 2. The summed E-state index contributed by atoms with van der Waals surface area (Å²) in [7, 11) is 0. The summed E-state index contributed by atoms with van der Waals surface area (Å²) in [6, 6.07) is 8.13. The molecule has 0 aliphatic heterocycles. The number of benzene rings is 1. The van der Waals surface area contributed by atoms with Crippen LogP contribution >= 0.6 is 0 Å². The Morgan fingerprint density at radius 3 is 2.68 bits per heavy atom. The minimum absolute atomic E-state index is 0.196. The molecule has 3 aromatic rings. The van der Waals surface area contributed by atoms with Gasteiger partial charge in [0.25, 0.3) is 0 Å². The van der Waals surface area contributed by atoms with E-state index < -0.39 is 0 Å². The lowest BCUT2D eigenvalue weighted by molar-refractivity contribution is 0.850. The molecule has 0 fully saturated rings. The third kappa shape index (κ3) is 1.77. The van der Waals surface area contributed by atoms with Crippen molar-refractivity contribution in [1.29, 1.82) is 5.41 Å². The fourth-order valence-electron chi connectivity index (χ4n) is 2.01. The van der Waals surface area contributed by atoms with Gasteiger partial charge >= 0.3 is 0 Å². The number of nitrogens with two attached hydrogens (primary N) is 1. The van der Waals surface area contributed by atoms with E-state index in [1.54, 1.807) is 10.9 Å². The normalized spacial score (nSPS) is 11.0. The molecule has 3 rings (SSSR count). The molecule has 0 radical (unpaired) electrons. The Balaban J connectivity index is 2.20. The first-order valence-electron chi connectivity index (χ1n) is 6.05. The largest absolute Gasteiger partial charge is 0.336 e. The molecule has 19 heavy (non-hydrogen) atoms. The Bertz CT molecular complexity index is 781. The van der Waals surface area contributed by atoms with E-state index in [9.17, 15) is 0 Å². The van der Waals surface area contributed by atoms with Crippen molar-refractivity contribution in [2.45, 2.75) is 13.3 Å². The van der Waals surface area contributed by atoms with Gasteiger partial charge in [-0.05, 0) is 24.1 Å². The van der Waals surface area contributed by atoms with Crippen LogP contribution in [0.2, 0.25) is 0 Å². The first-order valence-corrected chi connectivity index (χ1v) is 6.05. The summed E-state index contributed by atoms with van der Waals surface area (Å²) in [6.07, 6.45) is 4.04. The standard InChI is InChI=1S/C13H14N6/c1-2-9-3-5-10(6-4-9)19-13-11(7-17-19)12(14)18(15)8-16-13/h3-8,14H,2,15H2,1H3. The summed E-state index contributed by atoms with van der Waals surface area (Å²) in [6.45, 7) is 2.12. The predicted octanol–water partition coefficient (Wildman–Crippen LogP) is 0.978. The zero-order chi connectivity index (χ0) is 13.4. The van der Waals surface area contributed by atoms with E-state index in [1.165, 1.54) is 16.6 Å². The molecular formula is C13H14N6. The van der Waals surface area contributed by atoms with Crippen LogP contribution in [-0.4, -0.2) is 19.4 Å². The van der Waals surface area contributed by atoms with E-state index in [1.807, 2.05) is 12.1 Å². The molecule has 0 spiro atoms. The second-order valence-corrected chi connectivity index (χ2v) is 4.31. The molecule has 0 unspecified atom stereocenters. The second kappa shape index (κ2) is 4.24. The molecule has 0 aliphatic carbocycles. The second-order valence-electron chi connectivity index (χ2n) is 4.31. The molecule has 0 atom stereocenters. The van der Waals surface area contributed by atoms with Crippen LogP contribution in [-0.2, 0) is 6.42 Å². The molecule has 6 nitrogen and oxygen atoms in total. The molecule has 0 bridgehead atoms. The molecule has 2 heterocycles. The summed E-state index contributed by atoms with van der Waals surface area (Å²) in [4.78, 5) is 4.24. The molecule has 0 aliphatic rings. The van der Waals surface area contributed by atoms with Crippen LogP contribution in [0, 0.1) is 5.41 Å². The third-order valence-corrected chi connectivity index (χ3v) is 3.15. The Morgan fingerprint density at radius 1 is 1.26 bits per heavy atom. The number of hydrogen-bond donors (Lipinski definition) is 2. The van der Waals surface area contributed by atoms with Crippen LogP contribution in [0.25, 0.3) is 16.7 Å². The summed E-state index contributed by atoms with van der Waals surface area (Å²) >= 11 is 0. The van der Waals surface area contributed by atoms with Crippen molar-refractivity contribution in [2.24, 2.45) is 0 Å². The smallest absolute Gasteiger partial charge is 0.168 e. The van der Waals surface area contributed by atoms with E-state index in [4.69, 9.17) is 11.3 Å². The molecule has 0 saturated carbocycles. The van der Waals surface area contributed by atoms with Gasteiger partial charge < -0.3 is 5.84 Å². The number of aryl methyl sites for hydroxylation is 1. The Morgan fingerprint density at radius 2 is 2.00 bits per heavy atom. The Hall–Kier alpha value is -2.63. The van der Waals surface area contributed by atoms with Crippen molar-refractivity contribution in [3.8, 4) is 5.69 Å². The van der Waals surface area contributed by atoms with Crippen LogP contribution < -0.4 is 11.3 Å². The third-order valence-electron chi connectivity index (χ3n) is 3.15. The highest BCUT2D eigenvalue weighted by Gasteiger charge is 2.08. The van der Waals surface area contributed by atoms with E-state index in [-0.39, 0.29) is 5.49 Å². The number of aromatic nitrogens is 4. The highest BCUT2D eigenvalue weighted by molar-refractivity contribution is 5.74. The maximum absolute atomic E-state index is 7.87. The number of nitrogens with one attached hydrogen (secondary N) is 1. The molecule has 0 amide bonds. The predicted molar refractivity (Wildman–Crippen MR) is 72.2 cm³/mol. The van der Waals surface area contributed by atoms with Crippen molar-refractivity contribution in [2.75, 3.05) is 5.84 Å². The van der Waals surface area contributed by atoms with Crippen LogP contribution in [0.3, 0.4) is 0 Å². The van der Waals surface area contributed by atoms with Crippen LogP contribution in [0.15, 0.2) is 36.8 Å². The van der Waals surface area contributed by atoms with Crippen LogP contribution in [0.4, 0.5) is 0 Å². The quantitative estimate of drug-likeness (QED) is 0.668. The van der Waals surface area contributed by atoms with Crippen molar-refractivity contribution >= 4 is 11.0 Å². The van der Waals surface area contributed by atoms with Gasteiger partial charge in [0, 0.05) is 0 Å². The van der Waals surface area contributed by atoms with Gasteiger partial charge in [0.1, 0.15) is 6.33 Å². The van der Waals surface area contributed by atoms with Gasteiger partial charge in [0.2, 0.25) is 0 Å². The fourth-order valence-corrected chi connectivity index (χ4v) is 2.01. The van der Waals surface area contributed by atoms with Crippen LogP contribution in [0.5, 0.6) is 0 Å². The average Bonchev–Trinajstić information content (AvgIpc) is 2.87. The molecule has 3 N–H and O–H groups in total. The monoisotopic (exact) mass is 254 g/mol. The van der Waals surface area contributed by atoms with E-state index in [0.29, 0.717) is 11.0 Å². The van der Waals surface area contributed by atoms with Gasteiger partial charge in [-0.2, -0.15) is 5.10 Å². The van der Waals surface area contributed by atoms with E-state index in [0.717, 1.165) is 12.1 Å². The Labute approximate surface area is 109 Å². The highest BCUT2D eigenvalue weighted by atomic mass is 15.3. The molecule has 96 valence electrons. The molecule has 6 heteroatoms. The van der Waals surface area contributed by atoms with Crippen LogP contribution in [0.1, 0.15) is 12.5 Å². The number of hydrogen-bond acceptors (Lipinski definition) is 4. The van der Waals surface area contributed by atoms with Gasteiger partial charge in [-0.15, -0.1) is 0 Å². The van der Waals surface area contributed by atoms with Gasteiger partial charge in [-0.1, -0.05) is 19.1 Å². The molecular weight excluding hydrogens is 240 g/mol. The van der Waals surface area contributed by atoms with Gasteiger partial charge in [0.15, 0.2) is 11.1 Å². The summed E-state index contributed by atoms with van der Waals surface area (Å²) in [5.41, 5.74) is 3.03. The van der Waals surface area contributed by atoms with Gasteiger partial charge in [-0.25, -0.2) is 14.3 Å². The summed E-state index contributed by atoms with van der Waals surface area (Å²) in [5.74, 6) is 5.60. The van der Waals surface area contributed by atoms with Crippen molar-refractivity contribution in [3.63, 3.8) is 0 Å². The fraction of sp³-hybridized carbons (Fsp3) is 0.154. The number of fused-ring (bicyclic) bond motifs is 1. The number of nitrogens with zero attached hydrogens (tertiary/aromatic N) is 4. The minimum Gasteiger partial charge on any atom is -0.336 e. The molecule has 1 aromatic carbocycles. The topological polar surface area (TPSA) is 85.5 Å². The van der Waals surface area contributed by atoms with E-state index in [2.05, 4.69) is 29.1 Å². The SMILES string of the molecule is CCc1ccc(-n2ncc3c(=N)n(N)cnc32)cc1. The zero-order valence-corrected chi connectivity index (χ0v) is 10.5. The Kier molecular flexibility index (Phi) is 2.56. The summed E-state index contributed by atoms with van der Waals surface area (Å²) in [5, 5.41) is 12.8. The lowest BCUT2D eigenvalue weighted by atomic mass is 10.1. The first-order chi connectivity index (χ1) is 9.20. The minimum atomic E-state index is 0.196. The van der Waals surface area contributed by atoms with Crippen molar-refractivity contribution < 1.29 is 0 Å². The highest BCUT2D eigenvalue weighted by Crippen LogP contribution is 2.14. The first kappa shape index (κ1) is 11.5. The van der Waals surface area contributed by atoms with E-state index >= 15 is 0 Å².